The van der Waals surface area contributed by atoms with Gasteiger partial charge in [0.25, 0.3) is 0 Å². The highest BCUT2D eigenvalue weighted by Crippen LogP contribution is 2.41. The molecule has 186 valence electrons. The van der Waals surface area contributed by atoms with Crippen LogP contribution in [0.5, 0.6) is 0 Å². The molecule has 1 aromatic carbocycles. The fraction of sp³-hybridized carbons (Fsp3) is 0.346. The Morgan fingerprint density at radius 3 is 2.56 bits per heavy atom. The van der Waals surface area contributed by atoms with Crippen molar-refractivity contribution in [3.63, 3.8) is 0 Å². The molecule has 0 amide bonds. The second-order valence-electron chi connectivity index (χ2n) is 8.91. The van der Waals surface area contributed by atoms with Gasteiger partial charge in [-0.3, -0.25) is 14.4 Å². The normalized spacial score (nSPS) is 15.6. The molecule has 3 aromatic heterocycles. The number of aliphatic carboxylic acids is 1. The first-order valence-corrected chi connectivity index (χ1v) is 12.9. The van der Waals surface area contributed by atoms with Crippen LogP contribution in [-0.2, 0) is 11.3 Å². The standard InChI is InChI=1S/C26H29N7O2S/c1-6-19(26(34)35)23-24-31-30-16(5)33(24)25-21(14(3)15(4)36-25)22(29-23)17-8-10-18(11-9-17)28-20-12-13-27-32(20)7-2/h8-13,19,23,28H,6-7H2,1-5H3,(H,34,35)/t19?,23-/m0/s1. The molecule has 1 unspecified atom stereocenters. The first-order chi connectivity index (χ1) is 17.3. The zero-order chi connectivity index (χ0) is 25.6. The molecule has 0 bridgehead atoms. The number of nitrogens with one attached hydrogen (secondary N) is 1. The van der Waals surface area contributed by atoms with Crippen molar-refractivity contribution in [3.05, 3.63) is 69.7 Å². The summed E-state index contributed by atoms with van der Waals surface area (Å²) in [7, 11) is 0. The van der Waals surface area contributed by atoms with E-state index in [4.69, 9.17) is 4.99 Å². The average molecular weight is 504 g/mol. The van der Waals surface area contributed by atoms with E-state index in [1.165, 1.54) is 4.88 Å². The van der Waals surface area contributed by atoms with Gasteiger partial charge >= 0.3 is 5.97 Å². The number of aromatic nitrogens is 5. The Labute approximate surface area is 213 Å². The maximum absolute atomic E-state index is 12.2. The van der Waals surface area contributed by atoms with E-state index in [2.05, 4.69) is 34.5 Å². The Morgan fingerprint density at radius 2 is 1.89 bits per heavy atom. The summed E-state index contributed by atoms with van der Waals surface area (Å²) in [5.74, 6) is 0.618. The summed E-state index contributed by atoms with van der Waals surface area (Å²) in [6.07, 6.45) is 2.21. The molecule has 0 aliphatic carbocycles. The Morgan fingerprint density at radius 1 is 1.14 bits per heavy atom. The van der Waals surface area contributed by atoms with Crippen LogP contribution in [0.3, 0.4) is 0 Å². The second-order valence-corrected chi connectivity index (χ2v) is 10.1. The average Bonchev–Trinajstić information content (AvgIpc) is 3.52. The van der Waals surface area contributed by atoms with Crippen LogP contribution in [0.4, 0.5) is 11.5 Å². The number of hydrogen-bond donors (Lipinski definition) is 2. The Hall–Kier alpha value is -3.79. The zero-order valence-electron chi connectivity index (χ0n) is 21.0. The molecule has 4 heterocycles. The monoisotopic (exact) mass is 503 g/mol. The SMILES string of the molecule is CCC(C(=O)O)[C@@H]1N=C(c2ccc(Nc3ccnn3CC)cc2)c2c(sc(C)c2C)-n2c(C)nnc21. The van der Waals surface area contributed by atoms with Crippen molar-refractivity contribution in [1.29, 1.82) is 0 Å². The van der Waals surface area contributed by atoms with Crippen molar-refractivity contribution < 1.29 is 9.90 Å². The summed E-state index contributed by atoms with van der Waals surface area (Å²) in [5.41, 5.74) is 4.78. The minimum Gasteiger partial charge on any atom is -0.481 e. The predicted molar refractivity (Wildman–Crippen MR) is 141 cm³/mol. The second kappa shape index (κ2) is 9.34. The number of nitrogens with zero attached hydrogens (tertiary/aromatic N) is 6. The van der Waals surface area contributed by atoms with Crippen molar-refractivity contribution in [3.8, 4) is 5.00 Å². The lowest BCUT2D eigenvalue weighted by Crippen LogP contribution is -2.23. The van der Waals surface area contributed by atoms with Gasteiger partial charge in [0, 0.05) is 34.3 Å². The van der Waals surface area contributed by atoms with E-state index in [1.807, 2.05) is 60.4 Å². The minimum absolute atomic E-state index is 0.433. The van der Waals surface area contributed by atoms with Crippen LogP contribution in [0.2, 0.25) is 0 Å². The molecule has 0 fully saturated rings. The summed E-state index contributed by atoms with van der Waals surface area (Å²) >= 11 is 1.66. The lowest BCUT2D eigenvalue weighted by molar-refractivity contribution is -0.142. The molecule has 10 heteroatoms. The molecule has 36 heavy (non-hydrogen) atoms. The van der Waals surface area contributed by atoms with E-state index in [1.54, 1.807) is 17.5 Å². The zero-order valence-corrected chi connectivity index (χ0v) is 21.8. The van der Waals surface area contributed by atoms with Gasteiger partial charge in [-0.2, -0.15) is 5.10 Å². The molecule has 9 nitrogen and oxygen atoms in total. The number of carbonyl (C=O) groups is 1. The summed E-state index contributed by atoms with van der Waals surface area (Å²) in [4.78, 5) is 18.6. The first kappa shape index (κ1) is 23.9. The van der Waals surface area contributed by atoms with Crippen molar-refractivity contribution >= 4 is 34.5 Å². The number of carboxylic acids is 1. The molecule has 1 aliphatic heterocycles. The quantitative estimate of drug-likeness (QED) is 0.358. The van der Waals surface area contributed by atoms with Crippen LogP contribution < -0.4 is 5.32 Å². The van der Waals surface area contributed by atoms with Gasteiger partial charge in [-0.25, -0.2) is 4.68 Å². The maximum atomic E-state index is 12.2. The van der Waals surface area contributed by atoms with Crippen LogP contribution >= 0.6 is 11.3 Å². The Balaban J connectivity index is 1.65. The van der Waals surface area contributed by atoms with Gasteiger partial charge in [0.1, 0.15) is 22.7 Å². The predicted octanol–water partition coefficient (Wildman–Crippen LogP) is 5.22. The van der Waals surface area contributed by atoms with E-state index in [0.717, 1.165) is 51.3 Å². The molecule has 1 aliphatic rings. The number of aliphatic imine (C=N–C) groups is 1. The fourth-order valence-corrected chi connectivity index (χ4v) is 5.91. The molecule has 5 rings (SSSR count). The number of thiophene rings is 1. The Kier molecular flexibility index (Phi) is 6.21. The van der Waals surface area contributed by atoms with Crippen LogP contribution in [0.15, 0.2) is 41.5 Å². The van der Waals surface area contributed by atoms with Crippen LogP contribution in [-0.4, -0.2) is 41.3 Å². The van der Waals surface area contributed by atoms with Crippen molar-refractivity contribution in [2.45, 2.75) is 53.6 Å². The topological polar surface area (TPSA) is 110 Å². The maximum Gasteiger partial charge on any atom is 0.309 e. The molecule has 0 spiro atoms. The third-order valence-electron chi connectivity index (χ3n) is 6.77. The Bertz CT molecular complexity index is 1460. The van der Waals surface area contributed by atoms with Gasteiger partial charge in [-0.1, -0.05) is 19.1 Å². The summed E-state index contributed by atoms with van der Waals surface area (Å²) in [6.45, 7) is 10.8. The summed E-state index contributed by atoms with van der Waals surface area (Å²) in [6, 6.07) is 9.37. The highest BCUT2D eigenvalue weighted by molar-refractivity contribution is 7.15. The third-order valence-corrected chi connectivity index (χ3v) is 7.97. The third kappa shape index (κ3) is 3.91. The van der Waals surface area contributed by atoms with Gasteiger partial charge in [0.15, 0.2) is 5.82 Å². The van der Waals surface area contributed by atoms with E-state index in [0.29, 0.717) is 12.2 Å². The molecule has 2 N–H and O–H groups in total. The molecule has 4 aromatic rings. The number of fused-ring (bicyclic) bond motifs is 3. The van der Waals surface area contributed by atoms with Crippen molar-refractivity contribution in [1.82, 2.24) is 24.5 Å². The summed E-state index contributed by atoms with van der Waals surface area (Å²) < 4.78 is 3.89. The summed E-state index contributed by atoms with van der Waals surface area (Å²) in [5, 5.41) is 27.5. The van der Waals surface area contributed by atoms with Gasteiger partial charge in [0.2, 0.25) is 0 Å². The van der Waals surface area contributed by atoms with Gasteiger partial charge < -0.3 is 10.4 Å². The number of aryl methyl sites for hydroxylation is 3. The molecule has 0 radical (unpaired) electrons. The number of rotatable bonds is 7. The van der Waals surface area contributed by atoms with E-state index >= 15 is 0 Å². The molecule has 2 atom stereocenters. The van der Waals surface area contributed by atoms with Crippen molar-refractivity contribution in [2.24, 2.45) is 10.9 Å². The number of anilines is 2. The number of benzene rings is 1. The van der Waals surface area contributed by atoms with E-state index < -0.39 is 17.9 Å². The van der Waals surface area contributed by atoms with Crippen LogP contribution in [0.1, 0.15) is 59.5 Å². The number of hydrogen-bond acceptors (Lipinski definition) is 7. The first-order valence-electron chi connectivity index (χ1n) is 12.1. The largest absolute Gasteiger partial charge is 0.481 e. The highest BCUT2D eigenvalue weighted by Gasteiger charge is 2.37. The van der Waals surface area contributed by atoms with Gasteiger partial charge in [-0.15, -0.1) is 21.5 Å². The molecule has 0 saturated carbocycles. The highest BCUT2D eigenvalue weighted by atomic mass is 32.1. The van der Waals surface area contributed by atoms with E-state index in [-0.39, 0.29) is 0 Å². The molecular weight excluding hydrogens is 474 g/mol. The molecular formula is C26H29N7O2S. The van der Waals surface area contributed by atoms with E-state index in [9.17, 15) is 9.90 Å². The van der Waals surface area contributed by atoms with Gasteiger partial charge in [0.05, 0.1) is 17.8 Å². The van der Waals surface area contributed by atoms with Crippen LogP contribution in [0.25, 0.3) is 5.00 Å². The minimum atomic E-state index is -0.886. The lowest BCUT2D eigenvalue weighted by atomic mass is 9.95. The fourth-order valence-electron chi connectivity index (χ4n) is 4.70. The number of carboxylic acid groups (broad SMARTS) is 1. The van der Waals surface area contributed by atoms with Crippen LogP contribution in [0, 0.1) is 26.7 Å². The lowest BCUT2D eigenvalue weighted by Gasteiger charge is -2.19. The molecule has 0 saturated heterocycles. The van der Waals surface area contributed by atoms with Crippen molar-refractivity contribution in [2.75, 3.05) is 5.32 Å². The smallest absolute Gasteiger partial charge is 0.309 e. The van der Waals surface area contributed by atoms with Gasteiger partial charge in [-0.05, 0) is 51.8 Å².